The molecule has 11 heteroatoms. The number of benzene rings is 2. The van der Waals surface area contributed by atoms with Crippen molar-refractivity contribution in [3.63, 3.8) is 0 Å². The second kappa shape index (κ2) is 10.8. The van der Waals surface area contributed by atoms with Crippen molar-refractivity contribution in [1.29, 1.82) is 0 Å². The van der Waals surface area contributed by atoms with Gasteiger partial charge in [-0.05, 0) is 30.3 Å². The van der Waals surface area contributed by atoms with Crippen LogP contribution < -0.4 is 30.0 Å². The predicted molar refractivity (Wildman–Crippen MR) is 114 cm³/mol. The van der Waals surface area contributed by atoms with Gasteiger partial charge in [0.05, 0.1) is 27.9 Å². The molecule has 160 valence electrons. The third kappa shape index (κ3) is 7.40. The first-order chi connectivity index (χ1) is 13.3. The van der Waals surface area contributed by atoms with E-state index in [4.69, 9.17) is 19.9 Å². The number of halogens is 4. The van der Waals surface area contributed by atoms with E-state index in [0.29, 0.717) is 28.5 Å². The van der Waals surface area contributed by atoms with Crippen molar-refractivity contribution in [1.82, 2.24) is 0 Å². The zero-order valence-corrected chi connectivity index (χ0v) is 18.2. The summed E-state index contributed by atoms with van der Waals surface area (Å²) in [6, 6.07) is 8.51. The number of nitrogens with one attached hydrogen (secondary N) is 1. The summed E-state index contributed by atoms with van der Waals surface area (Å²) in [7, 11) is 4.54. The van der Waals surface area contributed by atoms with Crippen LogP contribution in [0.1, 0.15) is 5.56 Å². The first-order valence-corrected chi connectivity index (χ1v) is 7.97. The van der Waals surface area contributed by atoms with E-state index >= 15 is 0 Å². The van der Waals surface area contributed by atoms with Gasteiger partial charge in [0.1, 0.15) is 11.5 Å². The van der Waals surface area contributed by atoms with Crippen LogP contribution in [0.4, 0.5) is 18.9 Å². The molecule has 0 spiro atoms. The maximum absolute atomic E-state index is 12.2. The Bertz CT molecular complexity index is 830. The van der Waals surface area contributed by atoms with E-state index in [1.54, 1.807) is 12.1 Å². The fraction of sp³-hybridized carbons (Fsp3) is 0.278. The second-order valence-corrected chi connectivity index (χ2v) is 5.42. The van der Waals surface area contributed by atoms with Gasteiger partial charge in [-0.2, -0.15) is 0 Å². The van der Waals surface area contributed by atoms with E-state index in [1.807, 2.05) is 0 Å². The lowest BCUT2D eigenvalue weighted by atomic mass is 10.1. The van der Waals surface area contributed by atoms with Crippen molar-refractivity contribution >= 4 is 35.6 Å². The first-order valence-electron chi connectivity index (χ1n) is 7.97. The molecule has 2 aromatic carbocycles. The predicted octanol–water partition coefficient (Wildman–Crippen LogP) is 4.16. The molecule has 0 aromatic heterocycles. The van der Waals surface area contributed by atoms with Gasteiger partial charge < -0.3 is 30.0 Å². The first kappa shape index (κ1) is 24.5. The molecular weight excluding hydrogens is 506 g/mol. The molecule has 7 nitrogen and oxygen atoms in total. The Kier molecular flexibility index (Phi) is 9.14. The highest BCUT2D eigenvalue weighted by Gasteiger charge is 2.30. The molecule has 0 radical (unpaired) electrons. The van der Waals surface area contributed by atoms with Crippen LogP contribution in [-0.2, 0) is 6.54 Å². The van der Waals surface area contributed by atoms with E-state index in [2.05, 4.69) is 15.0 Å². The van der Waals surface area contributed by atoms with Gasteiger partial charge in [-0.1, -0.05) is 0 Å². The molecule has 0 bridgehead atoms. The van der Waals surface area contributed by atoms with Crippen molar-refractivity contribution < 1.29 is 32.1 Å². The van der Waals surface area contributed by atoms with Gasteiger partial charge in [-0.15, -0.1) is 37.1 Å². The van der Waals surface area contributed by atoms with Crippen LogP contribution in [0, 0.1) is 0 Å². The van der Waals surface area contributed by atoms with E-state index in [-0.39, 0.29) is 42.2 Å². The lowest BCUT2D eigenvalue weighted by molar-refractivity contribution is -0.274. The molecule has 2 rings (SSSR count). The number of hydrogen-bond acceptors (Lipinski definition) is 5. The molecule has 3 N–H and O–H groups in total. The Morgan fingerprint density at radius 1 is 0.966 bits per heavy atom. The molecule has 0 saturated heterocycles. The Labute approximate surface area is 183 Å². The summed E-state index contributed by atoms with van der Waals surface area (Å²) >= 11 is 0. The molecule has 0 heterocycles. The molecule has 29 heavy (non-hydrogen) atoms. The molecule has 2 aromatic rings. The average molecular weight is 527 g/mol. The number of methoxy groups -OCH3 is 3. The summed E-state index contributed by atoms with van der Waals surface area (Å²) in [5.74, 6) is 1.31. The lowest BCUT2D eigenvalue weighted by Crippen LogP contribution is -2.22. The van der Waals surface area contributed by atoms with Gasteiger partial charge in [0, 0.05) is 17.3 Å². The van der Waals surface area contributed by atoms with Gasteiger partial charge in [0.25, 0.3) is 0 Å². The van der Waals surface area contributed by atoms with Crippen LogP contribution in [0.2, 0.25) is 0 Å². The Morgan fingerprint density at radius 2 is 1.52 bits per heavy atom. The van der Waals surface area contributed by atoms with Crippen molar-refractivity contribution in [2.24, 2.45) is 10.7 Å². The number of anilines is 1. The van der Waals surface area contributed by atoms with Crippen molar-refractivity contribution in [3.8, 4) is 23.0 Å². The van der Waals surface area contributed by atoms with Crippen LogP contribution in [0.15, 0.2) is 41.4 Å². The Morgan fingerprint density at radius 3 is 2.03 bits per heavy atom. The molecule has 0 amide bonds. The number of nitrogens with two attached hydrogens (primary N) is 1. The second-order valence-electron chi connectivity index (χ2n) is 5.42. The SMILES string of the molecule is COc1cc(OC)c(OC)cc1CN=C(N)Nc1ccc(OC(F)(F)F)cc1.I. The molecule has 0 aliphatic carbocycles. The number of guanidine groups is 1. The lowest BCUT2D eigenvalue weighted by Gasteiger charge is -2.13. The average Bonchev–Trinajstić information content (AvgIpc) is 2.66. The van der Waals surface area contributed by atoms with Crippen LogP contribution >= 0.6 is 24.0 Å². The number of alkyl halides is 3. The van der Waals surface area contributed by atoms with Gasteiger partial charge >= 0.3 is 6.36 Å². The number of aliphatic imine (C=N–C) groups is 1. The third-order valence-corrected chi connectivity index (χ3v) is 3.57. The summed E-state index contributed by atoms with van der Waals surface area (Å²) in [6.45, 7) is 0.178. The molecule has 0 aliphatic heterocycles. The molecule has 0 atom stereocenters. The fourth-order valence-corrected chi connectivity index (χ4v) is 2.31. The van der Waals surface area contributed by atoms with E-state index in [1.165, 1.54) is 45.6 Å². The maximum atomic E-state index is 12.2. The minimum absolute atomic E-state index is 0. The zero-order chi connectivity index (χ0) is 20.7. The van der Waals surface area contributed by atoms with Crippen LogP contribution in [-0.4, -0.2) is 33.7 Å². The topological polar surface area (TPSA) is 87.3 Å². The fourth-order valence-electron chi connectivity index (χ4n) is 2.31. The number of nitrogens with zero attached hydrogens (tertiary/aromatic N) is 1. The van der Waals surface area contributed by atoms with Crippen molar-refractivity contribution in [3.05, 3.63) is 42.0 Å². The summed E-state index contributed by atoms with van der Waals surface area (Å²) in [5, 5.41) is 2.79. The molecular formula is C18H21F3IN3O4. The van der Waals surface area contributed by atoms with E-state index < -0.39 is 6.36 Å². The summed E-state index contributed by atoms with van der Waals surface area (Å²) in [4.78, 5) is 4.21. The van der Waals surface area contributed by atoms with Gasteiger partial charge in [-0.3, -0.25) is 0 Å². The smallest absolute Gasteiger partial charge is 0.496 e. The van der Waals surface area contributed by atoms with Crippen LogP contribution in [0.25, 0.3) is 0 Å². The summed E-state index contributed by atoms with van der Waals surface area (Å²) in [6.07, 6.45) is -4.74. The van der Waals surface area contributed by atoms with Crippen LogP contribution in [0.3, 0.4) is 0 Å². The zero-order valence-electron chi connectivity index (χ0n) is 15.9. The number of ether oxygens (including phenoxy) is 4. The minimum Gasteiger partial charge on any atom is -0.496 e. The quantitative estimate of drug-likeness (QED) is 0.320. The highest BCUT2D eigenvalue weighted by molar-refractivity contribution is 14.0. The highest BCUT2D eigenvalue weighted by Crippen LogP contribution is 2.35. The minimum atomic E-state index is -4.74. The number of rotatable bonds is 7. The largest absolute Gasteiger partial charge is 0.573 e. The Hall–Kier alpha value is -2.57. The van der Waals surface area contributed by atoms with Crippen molar-refractivity contribution in [2.75, 3.05) is 26.6 Å². The van der Waals surface area contributed by atoms with Gasteiger partial charge in [0.15, 0.2) is 17.5 Å². The van der Waals surface area contributed by atoms with Gasteiger partial charge in [-0.25, -0.2) is 4.99 Å². The summed E-state index contributed by atoms with van der Waals surface area (Å²) in [5.41, 5.74) is 7.00. The van der Waals surface area contributed by atoms with E-state index in [0.717, 1.165) is 0 Å². The van der Waals surface area contributed by atoms with Crippen molar-refractivity contribution in [2.45, 2.75) is 12.9 Å². The number of hydrogen-bond donors (Lipinski definition) is 2. The Balaban J connectivity index is 0.00000420. The maximum Gasteiger partial charge on any atom is 0.573 e. The monoisotopic (exact) mass is 527 g/mol. The molecule has 0 unspecified atom stereocenters. The highest BCUT2D eigenvalue weighted by atomic mass is 127. The molecule has 0 fully saturated rings. The van der Waals surface area contributed by atoms with Crippen LogP contribution in [0.5, 0.6) is 23.0 Å². The van der Waals surface area contributed by atoms with Gasteiger partial charge in [0.2, 0.25) is 0 Å². The molecule has 0 saturated carbocycles. The van der Waals surface area contributed by atoms with E-state index in [9.17, 15) is 13.2 Å². The third-order valence-electron chi connectivity index (χ3n) is 3.57. The standard InChI is InChI=1S/C18H20F3N3O4.HI/c1-25-14-9-16(27-3)15(26-2)8-11(14)10-23-17(22)24-12-4-6-13(7-5-12)28-18(19,20)21;/h4-9H,10H2,1-3H3,(H3,22,23,24);1H. The summed E-state index contributed by atoms with van der Waals surface area (Å²) < 4.78 is 56.1. The normalized spacial score (nSPS) is 11.3. The molecule has 0 aliphatic rings.